The molecule has 0 aliphatic carbocycles. The van der Waals surface area contributed by atoms with E-state index in [9.17, 15) is 0 Å². The first kappa shape index (κ1) is 11.9. The van der Waals surface area contributed by atoms with Gasteiger partial charge in [0.25, 0.3) is 0 Å². The molecule has 0 aliphatic rings. The van der Waals surface area contributed by atoms with Gasteiger partial charge in [0.15, 0.2) is 0 Å². The smallest absolute Gasteiger partial charge is 0.0585 e. The van der Waals surface area contributed by atoms with Gasteiger partial charge in [0.1, 0.15) is 0 Å². The van der Waals surface area contributed by atoms with Gasteiger partial charge in [-0.1, -0.05) is 32.8 Å². The first-order valence-electron chi connectivity index (χ1n) is 5.78. The Hall–Kier alpha value is -1.18. The molecule has 0 unspecified atom stereocenters. The van der Waals surface area contributed by atoms with E-state index >= 15 is 0 Å². The summed E-state index contributed by atoms with van der Waals surface area (Å²) in [7, 11) is 0. The number of hydrogen-bond donors (Lipinski definition) is 2. The molecule has 0 fully saturated rings. The van der Waals surface area contributed by atoms with E-state index in [1.165, 1.54) is 11.1 Å². The van der Waals surface area contributed by atoms with Crippen LogP contribution in [0.5, 0.6) is 0 Å². The minimum absolute atomic E-state index is 0.762. The first-order chi connectivity index (χ1) is 7.11. The summed E-state index contributed by atoms with van der Waals surface area (Å²) in [4.78, 5) is 0. The van der Waals surface area contributed by atoms with Crippen LogP contribution < -0.4 is 11.5 Å². The van der Waals surface area contributed by atoms with Gasteiger partial charge in [-0.05, 0) is 36.5 Å². The maximum atomic E-state index is 6.08. The normalized spacial score (nSPS) is 10.6. The van der Waals surface area contributed by atoms with Crippen LogP contribution in [0.1, 0.15) is 43.4 Å². The molecule has 15 heavy (non-hydrogen) atoms. The molecule has 1 rings (SSSR count). The molecule has 0 saturated heterocycles. The Labute approximate surface area is 92.7 Å². The standard InChI is InChI=1S/C13H22N2/c1-4-6-10-8-9(3)12(14)13(15)11(10)7-5-2/h8H,4-7,14-15H2,1-3H3. The lowest BCUT2D eigenvalue weighted by Crippen LogP contribution is -2.06. The second kappa shape index (κ2) is 5.06. The molecule has 2 nitrogen and oxygen atoms in total. The first-order valence-corrected chi connectivity index (χ1v) is 5.78. The predicted octanol–water partition coefficient (Wildman–Crippen LogP) is 3.06. The van der Waals surface area contributed by atoms with Crippen molar-refractivity contribution in [1.29, 1.82) is 0 Å². The molecule has 0 amide bonds. The lowest BCUT2D eigenvalue weighted by Gasteiger charge is -2.15. The minimum Gasteiger partial charge on any atom is -0.397 e. The Morgan fingerprint density at radius 3 is 2.13 bits per heavy atom. The van der Waals surface area contributed by atoms with E-state index in [1.54, 1.807) is 0 Å². The van der Waals surface area contributed by atoms with E-state index in [0.29, 0.717) is 0 Å². The summed E-state index contributed by atoms with van der Waals surface area (Å²) in [5.41, 5.74) is 17.3. The number of anilines is 2. The Bertz CT molecular complexity index is 343. The monoisotopic (exact) mass is 206 g/mol. The molecule has 0 atom stereocenters. The second-order valence-electron chi connectivity index (χ2n) is 4.16. The number of hydrogen-bond acceptors (Lipinski definition) is 2. The zero-order valence-electron chi connectivity index (χ0n) is 10.1. The van der Waals surface area contributed by atoms with Crippen LogP contribution in [0.25, 0.3) is 0 Å². The fourth-order valence-corrected chi connectivity index (χ4v) is 2.01. The zero-order valence-corrected chi connectivity index (χ0v) is 10.1. The van der Waals surface area contributed by atoms with E-state index in [2.05, 4.69) is 19.9 Å². The molecule has 0 saturated carbocycles. The number of nitrogens with two attached hydrogens (primary N) is 2. The molecule has 0 radical (unpaired) electrons. The van der Waals surface area contributed by atoms with Gasteiger partial charge in [0.05, 0.1) is 11.4 Å². The quantitative estimate of drug-likeness (QED) is 0.744. The van der Waals surface area contributed by atoms with Gasteiger partial charge in [0, 0.05) is 0 Å². The highest BCUT2D eigenvalue weighted by Crippen LogP contribution is 2.29. The summed E-state index contributed by atoms with van der Waals surface area (Å²) in [5.74, 6) is 0. The van der Waals surface area contributed by atoms with E-state index in [1.807, 2.05) is 6.92 Å². The van der Waals surface area contributed by atoms with Crippen molar-refractivity contribution in [3.63, 3.8) is 0 Å². The topological polar surface area (TPSA) is 52.0 Å². The van der Waals surface area contributed by atoms with Crippen LogP contribution in [0, 0.1) is 6.92 Å². The van der Waals surface area contributed by atoms with Crippen molar-refractivity contribution in [3.05, 3.63) is 22.8 Å². The maximum Gasteiger partial charge on any atom is 0.0585 e. The van der Waals surface area contributed by atoms with Crippen molar-refractivity contribution in [2.24, 2.45) is 0 Å². The summed E-state index contributed by atoms with van der Waals surface area (Å²) in [6, 6.07) is 2.19. The van der Waals surface area contributed by atoms with Crippen LogP contribution in [0.15, 0.2) is 6.07 Å². The second-order valence-corrected chi connectivity index (χ2v) is 4.16. The summed E-state index contributed by atoms with van der Waals surface area (Å²) in [5, 5.41) is 0. The zero-order chi connectivity index (χ0) is 11.4. The molecule has 0 aliphatic heterocycles. The average Bonchev–Trinajstić information content (AvgIpc) is 2.21. The Morgan fingerprint density at radius 2 is 1.60 bits per heavy atom. The molecule has 84 valence electrons. The summed E-state index contributed by atoms with van der Waals surface area (Å²) >= 11 is 0. The van der Waals surface area contributed by atoms with Gasteiger partial charge >= 0.3 is 0 Å². The van der Waals surface area contributed by atoms with Gasteiger partial charge in [-0.3, -0.25) is 0 Å². The van der Waals surface area contributed by atoms with Crippen LogP contribution in [0.4, 0.5) is 11.4 Å². The SMILES string of the molecule is CCCc1cc(C)c(N)c(N)c1CCC. The third-order valence-corrected chi connectivity index (χ3v) is 2.84. The van der Waals surface area contributed by atoms with Gasteiger partial charge in [-0.25, -0.2) is 0 Å². The summed E-state index contributed by atoms with van der Waals surface area (Å²) in [6.45, 7) is 6.39. The van der Waals surface area contributed by atoms with E-state index in [4.69, 9.17) is 11.5 Å². The molecule has 4 N–H and O–H groups in total. The highest BCUT2D eigenvalue weighted by Gasteiger charge is 2.10. The molecule has 0 aromatic heterocycles. The van der Waals surface area contributed by atoms with Crippen LogP contribution in [-0.4, -0.2) is 0 Å². The molecule has 1 aromatic rings. The number of rotatable bonds is 4. The van der Waals surface area contributed by atoms with Crippen LogP contribution in [0.3, 0.4) is 0 Å². The highest BCUT2D eigenvalue weighted by atomic mass is 14.7. The maximum absolute atomic E-state index is 6.08. The fraction of sp³-hybridized carbons (Fsp3) is 0.538. The Balaban J connectivity index is 3.23. The van der Waals surface area contributed by atoms with Crippen molar-refractivity contribution in [2.75, 3.05) is 11.5 Å². The van der Waals surface area contributed by atoms with Crippen molar-refractivity contribution in [1.82, 2.24) is 0 Å². The Morgan fingerprint density at radius 1 is 1.00 bits per heavy atom. The van der Waals surface area contributed by atoms with E-state index < -0.39 is 0 Å². The minimum atomic E-state index is 0.762. The summed E-state index contributed by atoms with van der Waals surface area (Å²) < 4.78 is 0. The van der Waals surface area contributed by atoms with Gasteiger partial charge in [-0.2, -0.15) is 0 Å². The van der Waals surface area contributed by atoms with E-state index in [0.717, 1.165) is 42.6 Å². The van der Waals surface area contributed by atoms with Gasteiger partial charge in [0.2, 0.25) is 0 Å². The molecular weight excluding hydrogens is 184 g/mol. The van der Waals surface area contributed by atoms with Gasteiger partial charge in [-0.15, -0.1) is 0 Å². The van der Waals surface area contributed by atoms with Crippen molar-refractivity contribution >= 4 is 11.4 Å². The van der Waals surface area contributed by atoms with Crippen LogP contribution in [-0.2, 0) is 12.8 Å². The molecule has 0 spiro atoms. The van der Waals surface area contributed by atoms with Crippen molar-refractivity contribution in [3.8, 4) is 0 Å². The number of nitrogen functional groups attached to an aromatic ring is 2. The molecule has 0 heterocycles. The van der Waals surface area contributed by atoms with Crippen LogP contribution in [0.2, 0.25) is 0 Å². The third-order valence-electron chi connectivity index (χ3n) is 2.84. The van der Waals surface area contributed by atoms with Crippen LogP contribution >= 0.6 is 0 Å². The lowest BCUT2D eigenvalue weighted by molar-refractivity contribution is 0.862. The largest absolute Gasteiger partial charge is 0.397 e. The number of aryl methyl sites for hydroxylation is 2. The fourth-order valence-electron chi connectivity index (χ4n) is 2.01. The summed E-state index contributed by atoms with van der Waals surface area (Å²) in [6.07, 6.45) is 4.40. The number of benzene rings is 1. The molecule has 1 aromatic carbocycles. The lowest BCUT2D eigenvalue weighted by atomic mass is 9.94. The molecule has 0 bridgehead atoms. The predicted molar refractivity (Wildman–Crippen MR) is 68.0 cm³/mol. The molecule has 2 heteroatoms. The van der Waals surface area contributed by atoms with Crippen molar-refractivity contribution in [2.45, 2.75) is 46.5 Å². The van der Waals surface area contributed by atoms with E-state index in [-0.39, 0.29) is 0 Å². The average molecular weight is 206 g/mol. The molecular formula is C13H22N2. The Kier molecular flexibility index (Phi) is 4.01. The third kappa shape index (κ3) is 2.44. The van der Waals surface area contributed by atoms with Gasteiger partial charge < -0.3 is 11.5 Å². The highest BCUT2D eigenvalue weighted by molar-refractivity contribution is 5.72. The van der Waals surface area contributed by atoms with Crippen molar-refractivity contribution < 1.29 is 0 Å².